The molecule has 0 aliphatic heterocycles. The number of rotatable bonds is 6. The van der Waals surface area contributed by atoms with Crippen molar-refractivity contribution in [2.24, 2.45) is 0 Å². The van der Waals surface area contributed by atoms with Gasteiger partial charge in [-0.25, -0.2) is 15.0 Å². The molecular formula is C53H33N3O. The van der Waals surface area contributed by atoms with Crippen LogP contribution in [0.5, 0.6) is 0 Å². The lowest BCUT2D eigenvalue weighted by molar-refractivity contribution is 0.673. The number of aromatic nitrogens is 3. The van der Waals surface area contributed by atoms with E-state index in [1.165, 1.54) is 5.56 Å². The molecule has 11 aromatic rings. The van der Waals surface area contributed by atoms with Crippen molar-refractivity contribution in [2.75, 3.05) is 0 Å². The Bertz CT molecular complexity index is 3280. The molecule has 0 aliphatic rings. The van der Waals surface area contributed by atoms with Crippen molar-refractivity contribution in [1.29, 1.82) is 0 Å². The van der Waals surface area contributed by atoms with Crippen molar-refractivity contribution in [3.63, 3.8) is 0 Å². The maximum atomic E-state index is 6.56. The third-order valence-corrected chi connectivity index (χ3v) is 10.9. The number of nitrogens with zero attached hydrogens (tertiary/aromatic N) is 3. The second-order valence-electron chi connectivity index (χ2n) is 14.4. The van der Waals surface area contributed by atoms with Crippen LogP contribution in [0.4, 0.5) is 0 Å². The Morgan fingerprint density at radius 2 is 0.860 bits per heavy atom. The van der Waals surface area contributed by atoms with E-state index in [1.54, 1.807) is 0 Å². The molecule has 0 radical (unpaired) electrons. The Morgan fingerprint density at radius 3 is 1.63 bits per heavy atom. The lowest BCUT2D eigenvalue weighted by Gasteiger charge is -2.12. The van der Waals surface area contributed by atoms with E-state index in [0.717, 1.165) is 99.6 Å². The highest BCUT2D eigenvalue weighted by atomic mass is 16.3. The van der Waals surface area contributed by atoms with Gasteiger partial charge in [0, 0.05) is 49.2 Å². The van der Waals surface area contributed by atoms with Crippen molar-refractivity contribution in [2.45, 2.75) is 0 Å². The average Bonchev–Trinajstić information content (AvgIpc) is 3.68. The van der Waals surface area contributed by atoms with Gasteiger partial charge in [0.2, 0.25) is 0 Å². The maximum absolute atomic E-state index is 6.56. The first-order chi connectivity index (χ1) is 28.2. The van der Waals surface area contributed by atoms with Crippen LogP contribution in [0, 0.1) is 0 Å². The van der Waals surface area contributed by atoms with Crippen molar-refractivity contribution < 1.29 is 4.42 Å². The topological polar surface area (TPSA) is 51.8 Å². The van der Waals surface area contributed by atoms with Crippen molar-refractivity contribution in [3.8, 4) is 67.4 Å². The molecule has 0 unspecified atom stereocenters. The molecule has 4 nitrogen and oxygen atoms in total. The molecule has 11 rings (SSSR count). The van der Waals surface area contributed by atoms with Crippen LogP contribution in [0.2, 0.25) is 0 Å². The zero-order chi connectivity index (χ0) is 37.7. The number of hydrogen-bond acceptors (Lipinski definition) is 4. The van der Waals surface area contributed by atoms with Crippen molar-refractivity contribution in [3.05, 3.63) is 200 Å². The molecule has 3 aromatic heterocycles. The minimum atomic E-state index is 0.681. The summed E-state index contributed by atoms with van der Waals surface area (Å²) in [6, 6.07) is 69.6. The Morgan fingerprint density at radius 1 is 0.316 bits per heavy atom. The molecular weight excluding hydrogens is 695 g/mol. The van der Waals surface area contributed by atoms with Gasteiger partial charge in [-0.15, -0.1) is 0 Å². The van der Waals surface area contributed by atoms with Crippen LogP contribution >= 0.6 is 0 Å². The molecule has 0 bridgehead atoms. The van der Waals surface area contributed by atoms with Gasteiger partial charge in [0.1, 0.15) is 11.2 Å². The molecule has 0 aliphatic carbocycles. The van der Waals surface area contributed by atoms with Crippen LogP contribution in [0.25, 0.3) is 111 Å². The number of para-hydroxylation sites is 2. The first-order valence-electron chi connectivity index (χ1n) is 19.2. The van der Waals surface area contributed by atoms with Crippen LogP contribution in [0.15, 0.2) is 205 Å². The summed E-state index contributed by atoms with van der Waals surface area (Å²) in [5, 5.41) is 5.46. The lowest BCUT2D eigenvalue weighted by Crippen LogP contribution is -1.96. The van der Waals surface area contributed by atoms with E-state index in [2.05, 4.69) is 158 Å². The minimum Gasteiger partial charge on any atom is -0.455 e. The molecule has 266 valence electrons. The summed E-state index contributed by atoms with van der Waals surface area (Å²) >= 11 is 0. The summed E-state index contributed by atoms with van der Waals surface area (Å²) in [6.45, 7) is 0. The maximum Gasteiger partial charge on any atom is 0.160 e. The number of furan rings is 1. The SMILES string of the molecule is c1ccc(-c2cccc(-c3cc(-c4ccccc4)nc(-c4ccc(-c5cccc(-c6nc7ccccc7c7c6ccc6c8ccccc8oc67)c5)cc4)n3)c2)cc1. The fourth-order valence-corrected chi connectivity index (χ4v) is 8.06. The summed E-state index contributed by atoms with van der Waals surface area (Å²) in [7, 11) is 0. The van der Waals surface area contributed by atoms with Crippen LogP contribution in [0.1, 0.15) is 0 Å². The first-order valence-corrected chi connectivity index (χ1v) is 19.2. The quantitative estimate of drug-likeness (QED) is 0.160. The Kier molecular flexibility index (Phi) is 7.78. The second kappa shape index (κ2) is 13.6. The van der Waals surface area contributed by atoms with Gasteiger partial charge in [0.25, 0.3) is 0 Å². The summed E-state index contributed by atoms with van der Waals surface area (Å²) in [5.41, 5.74) is 14.0. The van der Waals surface area contributed by atoms with Gasteiger partial charge in [0.05, 0.1) is 22.6 Å². The van der Waals surface area contributed by atoms with E-state index in [9.17, 15) is 0 Å². The zero-order valence-corrected chi connectivity index (χ0v) is 30.8. The molecule has 0 saturated carbocycles. The fraction of sp³-hybridized carbons (Fsp3) is 0. The second-order valence-corrected chi connectivity index (χ2v) is 14.4. The molecule has 0 amide bonds. The van der Waals surface area contributed by atoms with Gasteiger partial charge in [-0.05, 0) is 58.7 Å². The standard InChI is InChI=1S/C53H33N3O/c1-3-13-34(14-4-1)38-17-11-19-40(31-38)48-33-47(36-15-5-2-6-16-36)55-53(56-48)37-27-25-35(26-28-37)39-18-12-20-41(32-39)51-45-30-29-43-42-21-8-10-24-49(42)57-52(43)50(45)44-22-7-9-23-46(44)54-51/h1-33H. The normalized spacial score (nSPS) is 11.5. The van der Waals surface area contributed by atoms with Gasteiger partial charge in [-0.3, -0.25) is 0 Å². The van der Waals surface area contributed by atoms with E-state index >= 15 is 0 Å². The van der Waals surface area contributed by atoms with Gasteiger partial charge in [-0.1, -0.05) is 164 Å². The Labute approximate surface area is 329 Å². The highest BCUT2D eigenvalue weighted by molar-refractivity contribution is 6.24. The molecule has 4 heteroatoms. The third-order valence-electron chi connectivity index (χ3n) is 10.9. The lowest BCUT2D eigenvalue weighted by atomic mass is 9.95. The average molecular weight is 728 g/mol. The van der Waals surface area contributed by atoms with Gasteiger partial charge >= 0.3 is 0 Å². The predicted octanol–water partition coefficient (Wildman–Crippen LogP) is 14.1. The highest BCUT2D eigenvalue weighted by Crippen LogP contribution is 2.41. The summed E-state index contributed by atoms with van der Waals surface area (Å²) < 4.78 is 6.56. The van der Waals surface area contributed by atoms with Crippen LogP contribution in [0.3, 0.4) is 0 Å². The van der Waals surface area contributed by atoms with Crippen LogP contribution < -0.4 is 0 Å². The monoisotopic (exact) mass is 727 g/mol. The minimum absolute atomic E-state index is 0.681. The van der Waals surface area contributed by atoms with Crippen molar-refractivity contribution in [1.82, 2.24) is 15.0 Å². The number of pyridine rings is 1. The molecule has 0 atom stereocenters. The summed E-state index contributed by atoms with van der Waals surface area (Å²) in [5.74, 6) is 0.681. The van der Waals surface area contributed by atoms with E-state index in [1.807, 2.05) is 42.5 Å². The summed E-state index contributed by atoms with van der Waals surface area (Å²) in [6.07, 6.45) is 0. The molecule has 0 saturated heterocycles. The van der Waals surface area contributed by atoms with Gasteiger partial charge < -0.3 is 4.42 Å². The number of hydrogen-bond donors (Lipinski definition) is 0. The fourth-order valence-electron chi connectivity index (χ4n) is 8.06. The van der Waals surface area contributed by atoms with E-state index in [-0.39, 0.29) is 0 Å². The first kappa shape index (κ1) is 32.7. The van der Waals surface area contributed by atoms with E-state index in [0.29, 0.717) is 5.82 Å². The largest absolute Gasteiger partial charge is 0.455 e. The predicted molar refractivity (Wildman–Crippen MR) is 235 cm³/mol. The molecule has 57 heavy (non-hydrogen) atoms. The van der Waals surface area contributed by atoms with Crippen LogP contribution in [-0.2, 0) is 0 Å². The Hall–Kier alpha value is -7.69. The van der Waals surface area contributed by atoms with Gasteiger partial charge in [-0.2, -0.15) is 0 Å². The molecule has 0 N–H and O–H groups in total. The Balaban J connectivity index is 0.992. The van der Waals surface area contributed by atoms with Crippen LogP contribution in [-0.4, -0.2) is 15.0 Å². The van der Waals surface area contributed by atoms with E-state index < -0.39 is 0 Å². The van der Waals surface area contributed by atoms with E-state index in [4.69, 9.17) is 19.4 Å². The smallest absolute Gasteiger partial charge is 0.160 e. The molecule has 8 aromatic carbocycles. The molecule has 0 spiro atoms. The third kappa shape index (κ3) is 5.83. The summed E-state index contributed by atoms with van der Waals surface area (Å²) in [4.78, 5) is 15.5. The number of fused-ring (bicyclic) bond motifs is 7. The molecule has 0 fully saturated rings. The number of benzene rings is 8. The van der Waals surface area contributed by atoms with Crippen molar-refractivity contribution >= 4 is 43.6 Å². The highest BCUT2D eigenvalue weighted by Gasteiger charge is 2.18. The zero-order valence-electron chi connectivity index (χ0n) is 30.8. The molecule has 3 heterocycles. The van der Waals surface area contributed by atoms with Gasteiger partial charge in [0.15, 0.2) is 5.82 Å².